The molecule has 1 N–H and O–H groups in total. The highest BCUT2D eigenvalue weighted by Crippen LogP contribution is 2.35. The van der Waals surface area contributed by atoms with Gasteiger partial charge in [-0.3, -0.25) is 10.1 Å². The highest BCUT2D eigenvalue weighted by Gasteiger charge is 2.15. The standard InChI is InChI=1S/C15H8N6O4S2/c22-13(23)8-1-3-9(4-2-8)20-14(17-18-19-20)27-15-16-11-6-5-10(21(24)25)7-12(11)26-15/h1-7H,(H,22,23). The van der Waals surface area contributed by atoms with Gasteiger partial charge in [0.1, 0.15) is 0 Å². The first-order chi connectivity index (χ1) is 13.0. The Balaban J connectivity index is 1.64. The Labute approximate surface area is 158 Å². The van der Waals surface area contributed by atoms with Crippen LogP contribution in [0.25, 0.3) is 15.9 Å². The molecule has 2 heterocycles. The monoisotopic (exact) mass is 400 g/mol. The normalized spacial score (nSPS) is 11.0. The number of hydrogen-bond acceptors (Lipinski definition) is 9. The lowest BCUT2D eigenvalue weighted by Gasteiger charge is -2.03. The second-order valence-corrected chi connectivity index (χ2v) is 7.46. The Morgan fingerprint density at radius 3 is 2.70 bits per heavy atom. The van der Waals surface area contributed by atoms with E-state index in [0.29, 0.717) is 25.4 Å². The fourth-order valence-electron chi connectivity index (χ4n) is 2.28. The van der Waals surface area contributed by atoms with E-state index in [2.05, 4.69) is 20.5 Å². The first kappa shape index (κ1) is 17.1. The van der Waals surface area contributed by atoms with Gasteiger partial charge in [-0.15, -0.1) is 16.4 Å². The molecular formula is C15H8N6O4S2. The van der Waals surface area contributed by atoms with Gasteiger partial charge < -0.3 is 5.11 Å². The lowest BCUT2D eigenvalue weighted by molar-refractivity contribution is -0.384. The van der Waals surface area contributed by atoms with Gasteiger partial charge in [0.05, 0.1) is 26.4 Å². The molecule has 0 unspecified atom stereocenters. The van der Waals surface area contributed by atoms with Gasteiger partial charge in [0.15, 0.2) is 4.34 Å². The summed E-state index contributed by atoms with van der Waals surface area (Å²) in [6.07, 6.45) is 0. The topological polar surface area (TPSA) is 137 Å². The zero-order valence-electron chi connectivity index (χ0n) is 13.2. The van der Waals surface area contributed by atoms with Crippen LogP contribution in [0, 0.1) is 10.1 Å². The molecule has 10 nitrogen and oxygen atoms in total. The lowest BCUT2D eigenvalue weighted by atomic mass is 10.2. The summed E-state index contributed by atoms with van der Waals surface area (Å²) < 4.78 is 2.78. The molecule has 2 aromatic heterocycles. The molecule has 0 radical (unpaired) electrons. The average Bonchev–Trinajstić information content (AvgIpc) is 3.27. The van der Waals surface area contributed by atoms with Crippen molar-refractivity contribution in [2.75, 3.05) is 0 Å². The summed E-state index contributed by atoms with van der Waals surface area (Å²) >= 11 is 2.51. The maximum Gasteiger partial charge on any atom is 0.335 e. The molecule has 0 atom stereocenters. The van der Waals surface area contributed by atoms with Crippen molar-refractivity contribution in [3.63, 3.8) is 0 Å². The van der Waals surface area contributed by atoms with Gasteiger partial charge in [-0.2, -0.15) is 4.68 Å². The fraction of sp³-hybridized carbons (Fsp3) is 0. The van der Waals surface area contributed by atoms with Crippen LogP contribution in [0.5, 0.6) is 0 Å². The van der Waals surface area contributed by atoms with Gasteiger partial charge in [0.2, 0.25) is 5.16 Å². The van der Waals surface area contributed by atoms with E-state index in [-0.39, 0.29) is 11.3 Å². The summed E-state index contributed by atoms with van der Waals surface area (Å²) in [5.74, 6) is -1.02. The highest BCUT2D eigenvalue weighted by molar-refractivity contribution is 8.01. The van der Waals surface area contributed by atoms with Crippen molar-refractivity contribution in [2.45, 2.75) is 9.50 Å². The van der Waals surface area contributed by atoms with Crippen LogP contribution in [0.1, 0.15) is 10.4 Å². The van der Waals surface area contributed by atoms with Crippen LogP contribution in [0.4, 0.5) is 5.69 Å². The number of tetrazole rings is 1. The predicted molar refractivity (Wildman–Crippen MR) is 96.5 cm³/mol. The first-order valence-corrected chi connectivity index (χ1v) is 8.99. The number of nitro benzene ring substituents is 1. The van der Waals surface area contributed by atoms with Crippen LogP contribution in [0.15, 0.2) is 52.0 Å². The minimum atomic E-state index is -1.02. The van der Waals surface area contributed by atoms with E-state index in [9.17, 15) is 14.9 Å². The summed E-state index contributed by atoms with van der Waals surface area (Å²) in [4.78, 5) is 25.8. The van der Waals surface area contributed by atoms with Crippen molar-refractivity contribution in [2.24, 2.45) is 0 Å². The molecule has 0 aliphatic carbocycles. The zero-order chi connectivity index (χ0) is 19.0. The molecule has 27 heavy (non-hydrogen) atoms. The number of rotatable bonds is 5. The fourth-order valence-corrected chi connectivity index (χ4v) is 4.27. The number of thiazole rings is 1. The highest BCUT2D eigenvalue weighted by atomic mass is 32.2. The largest absolute Gasteiger partial charge is 0.478 e. The minimum absolute atomic E-state index is 0.00561. The molecule has 0 fully saturated rings. The van der Waals surface area contributed by atoms with Gasteiger partial charge in [0, 0.05) is 12.1 Å². The van der Waals surface area contributed by atoms with Crippen molar-refractivity contribution in [1.82, 2.24) is 25.2 Å². The summed E-state index contributed by atoms with van der Waals surface area (Å²) in [6, 6.07) is 10.6. The van der Waals surface area contributed by atoms with Crippen molar-refractivity contribution in [1.29, 1.82) is 0 Å². The van der Waals surface area contributed by atoms with E-state index in [0.717, 1.165) is 0 Å². The zero-order valence-corrected chi connectivity index (χ0v) is 14.8. The summed E-state index contributed by atoms with van der Waals surface area (Å²) in [7, 11) is 0. The average molecular weight is 400 g/mol. The SMILES string of the molecule is O=C(O)c1ccc(-n2nnnc2Sc2nc3ccc([N+](=O)[O-])cc3s2)cc1. The summed E-state index contributed by atoms with van der Waals surface area (Å²) in [5.41, 5.74) is 1.42. The van der Waals surface area contributed by atoms with E-state index in [1.165, 1.54) is 52.0 Å². The van der Waals surface area contributed by atoms with Crippen LogP contribution >= 0.6 is 23.1 Å². The molecule has 0 saturated heterocycles. The predicted octanol–water partition coefficient (Wildman–Crippen LogP) is 3.03. The van der Waals surface area contributed by atoms with Gasteiger partial charge in [0.25, 0.3) is 5.69 Å². The number of fused-ring (bicyclic) bond motifs is 1. The van der Waals surface area contributed by atoms with Gasteiger partial charge >= 0.3 is 5.97 Å². The molecule has 0 aliphatic heterocycles. The maximum atomic E-state index is 11.0. The van der Waals surface area contributed by atoms with Crippen LogP contribution < -0.4 is 0 Å². The summed E-state index contributed by atoms with van der Waals surface area (Å²) in [5, 5.41) is 31.9. The Bertz CT molecular complexity index is 1170. The quantitative estimate of drug-likeness (QED) is 0.396. The van der Waals surface area contributed by atoms with E-state index in [4.69, 9.17) is 5.11 Å². The molecule has 0 amide bonds. The number of aromatic nitrogens is 5. The number of non-ortho nitro benzene ring substituents is 1. The second kappa shape index (κ2) is 6.74. The second-order valence-electron chi connectivity index (χ2n) is 5.22. The molecule has 0 aliphatic rings. The van der Waals surface area contributed by atoms with E-state index >= 15 is 0 Å². The van der Waals surface area contributed by atoms with Gasteiger partial charge in [-0.1, -0.05) is 0 Å². The number of aromatic carboxylic acids is 1. The van der Waals surface area contributed by atoms with Crippen molar-refractivity contribution < 1.29 is 14.8 Å². The Morgan fingerprint density at radius 1 is 1.22 bits per heavy atom. The number of carboxylic acids is 1. The van der Waals surface area contributed by atoms with E-state index in [1.807, 2.05) is 0 Å². The van der Waals surface area contributed by atoms with Crippen molar-refractivity contribution in [3.05, 3.63) is 58.1 Å². The van der Waals surface area contributed by atoms with Crippen LogP contribution in [0.3, 0.4) is 0 Å². The number of nitro groups is 1. The van der Waals surface area contributed by atoms with Crippen LogP contribution in [-0.2, 0) is 0 Å². The van der Waals surface area contributed by atoms with E-state index < -0.39 is 10.9 Å². The minimum Gasteiger partial charge on any atom is -0.478 e. The van der Waals surface area contributed by atoms with E-state index in [1.54, 1.807) is 18.2 Å². The number of nitrogens with zero attached hydrogens (tertiary/aromatic N) is 6. The van der Waals surface area contributed by atoms with Gasteiger partial charge in [-0.05, 0) is 52.5 Å². The van der Waals surface area contributed by atoms with Crippen LogP contribution in [-0.4, -0.2) is 41.2 Å². The molecular weight excluding hydrogens is 392 g/mol. The molecule has 134 valence electrons. The van der Waals surface area contributed by atoms with Crippen molar-refractivity contribution in [3.8, 4) is 5.69 Å². The Kier molecular flexibility index (Phi) is 4.25. The third kappa shape index (κ3) is 3.35. The Hall–Kier alpha value is -3.38. The number of carbonyl (C=O) groups is 1. The van der Waals surface area contributed by atoms with Gasteiger partial charge in [-0.25, -0.2) is 9.78 Å². The molecule has 4 aromatic rings. The summed E-state index contributed by atoms with van der Waals surface area (Å²) in [6.45, 7) is 0. The maximum absolute atomic E-state index is 11.0. The first-order valence-electron chi connectivity index (χ1n) is 7.36. The molecule has 0 saturated carbocycles. The smallest absolute Gasteiger partial charge is 0.335 e. The molecule has 0 bridgehead atoms. The number of hydrogen-bond donors (Lipinski definition) is 1. The molecule has 12 heteroatoms. The molecule has 4 rings (SSSR count). The number of carboxylic acid groups (broad SMARTS) is 1. The van der Waals surface area contributed by atoms with Crippen molar-refractivity contribution >= 4 is 45.0 Å². The molecule has 2 aromatic carbocycles. The van der Waals surface area contributed by atoms with Crippen LogP contribution in [0.2, 0.25) is 0 Å². The molecule has 0 spiro atoms. The Morgan fingerprint density at radius 2 is 2.00 bits per heavy atom. The number of benzene rings is 2. The lowest BCUT2D eigenvalue weighted by Crippen LogP contribution is -2.01. The third-order valence-corrected chi connectivity index (χ3v) is 5.56. The third-order valence-electron chi connectivity index (χ3n) is 3.54.